The summed E-state index contributed by atoms with van der Waals surface area (Å²) < 4.78 is 38.7. The zero-order chi connectivity index (χ0) is 14.9. The molecule has 0 atom stereocenters. The van der Waals surface area contributed by atoms with Crippen molar-refractivity contribution in [2.45, 2.75) is 19.6 Å². The first-order valence-corrected chi connectivity index (χ1v) is 6.13. The van der Waals surface area contributed by atoms with E-state index in [2.05, 4.69) is 9.97 Å². The molecule has 2 heterocycles. The van der Waals surface area contributed by atoms with Crippen molar-refractivity contribution in [2.75, 3.05) is 0 Å². The van der Waals surface area contributed by atoms with Gasteiger partial charge < -0.3 is 4.57 Å². The molecule has 0 amide bonds. The number of alkyl halides is 3. The van der Waals surface area contributed by atoms with Gasteiger partial charge in [-0.25, -0.2) is 9.97 Å². The summed E-state index contributed by atoms with van der Waals surface area (Å²) in [6.45, 7) is 1.55. The third-order valence-electron chi connectivity index (χ3n) is 2.51. The maximum absolute atomic E-state index is 12.5. The summed E-state index contributed by atoms with van der Waals surface area (Å²) in [5.74, 6) is 0.377. The fraction of sp³-hybridized carbons (Fsp3) is 0.273. The molecular formula is C11H6F3N5S. The Kier molecular flexibility index (Phi) is 3.47. The third-order valence-corrected chi connectivity index (χ3v) is 3.34. The Hall–Kier alpha value is -2.39. The van der Waals surface area contributed by atoms with Crippen LogP contribution >= 0.6 is 11.3 Å². The minimum atomic E-state index is -4.49. The van der Waals surface area contributed by atoms with Crippen molar-refractivity contribution < 1.29 is 13.2 Å². The molecule has 0 bridgehead atoms. The molecule has 2 aromatic rings. The van der Waals surface area contributed by atoms with Crippen LogP contribution < -0.4 is 0 Å². The van der Waals surface area contributed by atoms with Gasteiger partial charge in [-0.3, -0.25) is 0 Å². The number of hydrogen-bond donors (Lipinski definition) is 0. The average Bonchev–Trinajstić information content (AvgIpc) is 2.95. The highest BCUT2D eigenvalue weighted by molar-refractivity contribution is 7.09. The first-order chi connectivity index (χ1) is 9.36. The molecule has 102 valence electrons. The van der Waals surface area contributed by atoms with Crippen molar-refractivity contribution in [1.29, 1.82) is 10.5 Å². The van der Waals surface area contributed by atoms with Crippen LogP contribution in [0.4, 0.5) is 13.2 Å². The minimum Gasteiger partial charge on any atom is -0.312 e. The lowest BCUT2D eigenvalue weighted by Crippen LogP contribution is -2.08. The number of nitrogens with zero attached hydrogens (tertiary/aromatic N) is 5. The minimum absolute atomic E-state index is 0.0220. The molecule has 0 aromatic carbocycles. The van der Waals surface area contributed by atoms with Crippen molar-refractivity contribution in [3.05, 3.63) is 33.3 Å². The molecule has 0 aliphatic rings. The molecule has 0 aliphatic carbocycles. The number of aromatic nitrogens is 3. The molecule has 0 radical (unpaired) electrons. The van der Waals surface area contributed by atoms with Crippen LogP contribution in [0.5, 0.6) is 0 Å². The molecule has 0 saturated carbocycles. The van der Waals surface area contributed by atoms with Crippen LogP contribution in [0.1, 0.15) is 27.9 Å². The Balaban J connectivity index is 2.37. The Labute approximate surface area is 115 Å². The van der Waals surface area contributed by atoms with Gasteiger partial charge in [-0.15, -0.1) is 11.3 Å². The normalized spacial score (nSPS) is 11.1. The number of nitriles is 2. The molecule has 2 rings (SSSR count). The lowest BCUT2D eigenvalue weighted by molar-refractivity contribution is -0.140. The van der Waals surface area contributed by atoms with Crippen LogP contribution in [0.2, 0.25) is 0 Å². The third kappa shape index (κ3) is 2.49. The number of rotatable bonds is 2. The van der Waals surface area contributed by atoms with E-state index < -0.39 is 11.9 Å². The largest absolute Gasteiger partial charge is 0.434 e. The highest BCUT2D eigenvalue weighted by atomic mass is 32.1. The van der Waals surface area contributed by atoms with E-state index in [1.165, 1.54) is 4.57 Å². The summed E-state index contributed by atoms with van der Waals surface area (Å²) in [5.41, 5.74) is -0.986. The summed E-state index contributed by atoms with van der Waals surface area (Å²) in [5, 5.41) is 18.9. The van der Waals surface area contributed by atoms with Crippen LogP contribution in [0.15, 0.2) is 5.38 Å². The summed E-state index contributed by atoms with van der Waals surface area (Å²) in [6.07, 6.45) is -4.49. The summed E-state index contributed by atoms with van der Waals surface area (Å²) in [6, 6.07) is 3.60. The Morgan fingerprint density at radius 1 is 1.30 bits per heavy atom. The van der Waals surface area contributed by atoms with Crippen molar-refractivity contribution in [3.8, 4) is 12.1 Å². The summed E-state index contributed by atoms with van der Waals surface area (Å²) in [7, 11) is 0. The highest BCUT2D eigenvalue weighted by Crippen LogP contribution is 2.30. The van der Waals surface area contributed by atoms with Gasteiger partial charge in [0.2, 0.25) is 0 Å². The summed E-state index contributed by atoms with van der Waals surface area (Å²) >= 11 is 0.844. The molecule has 0 unspecified atom stereocenters. The van der Waals surface area contributed by atoms with Gasteiger partial charge in [-0.1, -0.05) is 0 Å². The maximum atomic E-state index is 12.5. The number of aryl methyl sites for hydroxylation is 1. The molecule has 0 N–H and O–H groups in total. The van der Waals surface area contributed by atoms with Crippen molar-refractivity contribution >= 4 is 11.3 Å². The second-order valence-electron chi connectivity index (χ2n) is 3.79. The number of halogens is 3. The van der Waals surface area contributed by atoms with E-state index >= 15 is 0 Å². The van der Waals surface area contributed by atoms with Gasteiger partial charge in [0, 0.05) is 5.38 Å². The second kappa shape index (κ2) is 4.94. The van der Waals surface area contributed by atoms with E-state index in [4.69, 9.17) is 10.5 Å². The van der Waals surface area contributed by atoms with Crippen LogP contribution in [0, 0.1) is 29.6 Å². The van der Waals surface area contributed by atoms with Gasteiger partial charge in [0.1, 0.15) is 23.0 Å². The van der Waals surface area contributed by atoms with Gasteiger partial charge in [0.15, 0.2) is 17.1 Å². The number of imidazole rings is 1. The van der Waals surface area contributed by atoms with E-state index in [0.29, 0.717) is 5.82 Å². The van der Waals surface area contributed by atoms with Crippen molar-refractivity contribution in [3.63, 3.8) is 0 Å². The van der Waals surface area contributed by atoms with Crippen LogP contribution in [0.25, 0.3) is 0 Å². The summed E-state index contributed by atoms with van der Waals surface area (Å²) in [4.78, 5) is 7.37. The van der Waals surface area contributed by atoms with E-state index in [-0.39, 0.29) is 22.9 Å². The lowest BCUT2D eigenvalue weighted by Gasteiger charge is -2.03. The Bertz CT molecular complexity index is 729. The van der Waals surface area contributed by atoms with E-state index in [1.807, 2.05) is 6.07 Å². The van der Waals surface area contributed by atoms with Gasteiger partial charge in [0.05, 0.1) is 6.54 Å². The zero-order valence-corrected chi connectivity index (χ0v) is 10.9. The molecular weight excluding hydrogens is 291 g/mol. The second-order valence-corrected chi connectivity index (χ2v) is 4.73. The van der Waals surface area contributed by atoms with Gasteiger partial charge in [0.25, 0.3) is 0 Å². The lowest BCUT2D eigenvalue weighted by atomic mass is 10.3. The molecule has 0 saturated heterocycles. The topological polar surface area (TPSA) is 78.3 Å². The Morgan fingerprint density at radius 2 is 2.00 bits per heavy atom. The predicted octanol–water partition coefficient (Wildman–Crippen LogP) is 2.46. The molecule has 2 aromatic heterocycles. The first-order valence-electron chi connectivity index (χ1n) is 5.25. The molecule has 0 spiro atoms. The number of thiazole rings is 1. The van der Waals surface area contributed by atoms with Crippen molar-refractivity contribution in [1.82, 2.24) is 14.5 Å². The highest BCUT2D eigenvalue weighted by Gasteiger charge is 2.33. The standard InChI is InChI=1S/C11H6F3N5S/c1-6-17-7(2-15)8(3-16)19(6)4-10-18-9(5-20-10)11(12,13)14/h5H,4H2,1H3. The maximum Gasteiger partial charge on any atom is 0.434 e. The van der Waals surface area contributed by atoms with Gasteiger partial charge in [-0.05, 0) is 6.92 Å². The fourth-order valence-corrected chi connectivity index (χ4v) is 2.39. The van der Waals surface area contributed by atoms with E-state index in [0.717, 1.165) is 16.7 Å². The number of hydrogen-bond acceptors (Lipinski definition) is 5. The molecule has 5 nitrogen and oxygen atoms in total. The van der Waals surface area contributed by atoms with Gasteiger partial charge >= 0.3 is 6.18 Å². The SMILES string of the molecule is Cc1nc(C#N)c(C#N)n1Cc1nc(C(F)(F)F)cs1. The smallest absolute Gasteiger partial charge is 0.312 e. The van der Waals surface area contributed by atoms with E-state index in [1.54, 1.807) is 13.0 Å². The molecule has 0 aliphatic heterocycles. The van der Waals surface area contributed by atoms with Crippen LogP contribution in [-0.2, 0) is 12.7 Å². The Morgan fingerprint density at radius 3 is 2.50 bits per heavy atom. The van der Waals surface area contributed by atoms with Gasteiger partial charge in [-0.2, -0.15) is 23.7 Å². The van der Waals surface area contributed by atoms with Crippen LogP contribution in [-0.4, -0.2) is 14.5 Å². The fourth-order valence-electron chi connectivity index (χ4n) is 1.60. The van der Waals surface area contributed by atoms with Crippen LogP contribution in [0.3, 0.4) is 0 Å². The predicted molar refractivity (Wildman–Crippen MR) is 62.6 cm³/mol. The van der Waals surface area contributed by atoms with E-state index in [9.17, 15) is 13.2 Å². The zero-order valence-electron chi connectivity index (χ0n) is 10.1. The van der Waals surface area contributed by atoms with Crippen molar-refractivity contribution in [2.24, 2.45) is 0 Å². The first kappa shape index (κ1) is 14.0. The molecule has 0 fully saturated rings. The monoisotopic (exact) mass is 297 g/mol. The molecule has 9 heteroatoms. The quantitative estimate of drug-likeness (QED) is 0.853. The average molecular weight is 297 g/mol. The molecule has 20 heavy (non-hydrogen) atoms.